The quantitative estimate of drug-likeness (QED) is 0.446. The van der Waals surface area contributed by atoms with Gasteiger partial charge in [0.05, 0.1) is 13.2 Å². The van der Waals surface area contributed by atoms with E-state index in [0.717, 1.165) is 5.56 Å². The standard InChI is InChI=1S/C10H14ClNO4S.C10H15NO4S/c1-7-5-9(16-4-3-15-2)10(6-8(7)11)17(12,13)14;1-8-3-4-10(16(11,12)13)9(7-8)15-6-5-14-2/h5-6H,3-4H2,1-2H3,(H2,12,13,14);3-4,7H,5-6H2,1-2H3,(H2,11,12,13). The molecule has 0 saturated heterocycles. The van der Waals surface area contributed by atoms with Crippen molar-refractivity contribution in [1.82, 2.24) is 0 Å². The first kappa shape index (κ1) is 29.1. The zero-order valence-corrected chi connectivity index (χ0v) is 21.2. The van der Waals surface area contributed by atoms with E-state index in [2.05, 4.69) is 0 Å². The fraction of sp³-hybridized carbons (Fsp3) is 0.400. The van der Waals surface area contributed by atoms with Gasteiger partial charge in [0.15, 0.2) is 0 Å². The highest BCUT2D eigenvalue weighted by atomic mass is 35.5. The minimum absolute atomic E-state index is 0.00537. The number of rotatable bonds is 10. The number of methoxy groups -OCH3 is 2. The summed E-state index contributed by atoms with van der Waals surface area (Å²) in [4.78, 5) is -0.126. The second-order valence-corrected chi connectivity index (χ2v) is 10.2. The summed E-state index contributed by atoms with van der Waals surface area (Å²) in [6.07, 6.45) is 0. The Hall–Kier alpha value is -1.93. The molecule has 2 aromatic carbocycles. The Kier molecular flexibility index (Phi) is 11.5. The van der Waals surface area contributed by atoms with E-state index in [-0.39, 0.29) is 34.5 Å². The lowest BCUT2D eigenvalue weighted by molar-refractivity contribution is 0.144. The molecule has 33 heavy (non-hydrogen) atoms. The predicted molar refractivity (Wildman–Crippen MR) is 125 cm³/mol. The number of aryl methyl sites for hydroxylation is 2. The molecule has 2 aromatic rings. The molecule has 0 aliphatic heterocycles. The highest BCUT2D eigenvalue weighted by molar-refractivity contribution is 7.89. The number of ether oxygens (including phenoxy) is 4. The molecule has 0 unspecified atom stereocenters. The maximum atomic E-state index is 11.4. The zero-order chi connectivity index (χ0) is 25.2. The number of primary sulfonamides is 2. The second kappa shape index (κ2) is 13.1. The van der Waals surface area contributed by atoms with E-state index in [9.17, 15) is 16.8 Å². The SMILES string of the molecule is COCCOc1cc(C)c(Cl)cc1S(N)(=O)=O.COCCOc1cc(C)ccc1S(N)(=O)=O. The Morgan fingerprint density at radius 2 is 1.24 bits per heavy atom. The van der Waals surface area contributed by atoms with Crippen LogP contribution in [0.3, 0.4) is 0 Å². The molecule has 0 spiro atoms. The van der Waals surface area contributed by atoms with E-state index < -0.39 is 20.0 Å². The molecule has 0 aromatic heterocycles. The maximum Gasteiger partial charge on any atom is 0.241 e. The Bertz CT molecular complexity index is 1140. The molecule has 0 saturated carbocycles. The van der Waals surface area contributed by atoms with Gasteiger partial charge in [0.2, 0.25) is 20.0 Å². The molecule has 186 valence electrons. The molecular formula is C20H29ClN2O8S2. The van der Waals surface area contributed by atoms with E-state index in [4.69, 9.17) is 40.8 Å². The van der Waals surface area contributed by atoms with Gasteiger partial charge >= 0.3 is 0 Å². The molecule has 4 N–H and O–H groups in total. The van der Waals surface area contributed by atoms with Crippen LogP contribution < -0.4 is 19.8 Å². The van der Waals surface area contributed by atoms with Crippen LogP contribution in [-0.2, 0) is 29.5 Å². The summed E-state index contributed by atoms with van der Waals surface area (Å²) in [5, 5.41) is 10.5. The van der Waals surface area contributed by atoms with Crippen molar-refractivity contribution in [1.29, 1.82) is 0 Å². The molecule has 0 heterocycles. The Morgan fingerprint density at radius 3 is 1.70 bits per heavy atom. The van der Waals surface area contributed by atoms with Gasteiger partial charge in [0.25, 0.3) is 0 Å². The van der Waals surface area contributed by atoms with Gasteiger partial charge in [-0.2, -0.15) is 0 Å². The Morgan fingerprint density at radius 1 is 0.758 bits per heavy atom. The third-order valence-corrected chi connectivity index (χ3v) is 6.32. The zero-order valence-electron chi connectivity index (χ0n) is 18.8. The summed E-state index contributed by atoms with van der Waals surface area (Å²) in [7, 11) is -4.55. The molecule has 2 rings (SSSR count). The van der Waals surface area contributed by atoms with Crippen molar-refractivity contribution in [2.24, 2.45) is 10.3 Å². The second-order valence-electron chi connectivity index (χ2n) is 6.77. The van der Waals surface area contributed by atoms with Crippen molar-refractivity contribution in [3.05, 3.63) is 46.5 Å². The monoisotopic (exact) mass is 524 g/mol. The van der Waals surface area contributed by atoms with Crippen molar-refractivity contribution in [3.8, 4) is 11.5 Å². The van der Waals surface area contributed by atoms with Gasteiger partial charge in [-0.3, -0.25) is 0 Å². The highest BCUT2D eigenvalue weighted by Crippen LogP contribution is 2.29. The first-order valence-corrected chi connectivity index (χ1v) is 13.0. The van der Waals surface area contributed by atoms with Crippen molar-refractivity contribution >= 4 is 31.6 Å². The fourth-order valence-corrected chi connectivity index (χ4v) is 3.97. The number of sulfonamides is 2. The van der Waals surface area contributed by atoms with Gasteiger partial charge in [-0.1, -0.05) is 17.7 Å². The number of nitrogens with two attached hydrogens (primary N) is 2. The minimum atomic E-state index is -3.86. The van der Waals surface area contributed by atoms with Crippen LogP contribution in [0.15, 0.2) is 40.1 Å². The molecule has 10 nitrogen and oxygen atoms in total. The summed E-state index contributed by atoms with van der Waals surface area (Å²) in [5.41, 5.74) is 1.62. The molecule has 0 amide bonds. The average Bonchev–Trinajstić information content (AvgIpc) is 2.69. The van der Waals surface area contributed by atoms with Crippen molar-refractivity contribution in [2.75, 3.05) is 40.6 Å². The van der Waals surface area contributed by atoms with Gasteiger partial charge in [-0.15, -0.1) is 0 Å². The lowest BCUT2D eigenvalue weighted by atomic mass is 10.2. The van der Waals surface area contributed by atoms with Crippen LogP contribution in [0.2, 0.25) is 5.02 Å². The molecule has 0 bridgehead atoms. The summed E-state index contributed by atoms with van der Waals surface area (Å²) in [5.74, 6) is 0.450. The number of hydrogen-bond acceptors (Lipinski definition) is 8. The van der Waals surface area contributed by atoms with Crippen LogP contribution in [0.1, 0.15) is 11.1 Å². The van der Waals surface area contributed by atoms with Gasteiger partial charge in [0, 0.05) is 19.2 Å². The Labute approximate surface area is 199 Å². The van der Waals surface area contributed by atoms with Crippen molar-refractivity contribution in [2.45, 2.75) is 23.6 Å². The van der Waals surface area contributed by atoms with Crippen LogP contribution in [0.25, 0.3) is 0 Å². The van der Waals surface area contributed by atoms with Crippen LogP contribution in [0, 0.1) is 13.8 Å². The molecule has 0 radical (unpaired) electrons. The fourth-order valence-electron chi connectivity index (χ4n) is 2.40. The first-order chi connectivity index (χ1) is 15.3. The number of halogens is 1. The Balaban J connectivity index is 0.000000331. The number of hydrogen-bond donors (Lipinski definition) is 2. The third-order valence-electron chi connectivity index (χ3n) is 4.03. The summed E-state index contributed by atoms with van der Waals surface area (Å²) in [6, 6.07) is 7.57. The average molecular weight is 525 g/mol. The lowest BCUT2D eigenvalue weighted by Gasteiger charge is -2.11. The molecule has 0 aliphatic carbocycles. The summed E-state index contributed by atoms with van der Waals surface area (Å²) >= 11 is 5.85. The van der Waals surface area contributed by atoms with Crippen molar-refractivity contribution in [3.63, 3.8) is 0 Å². The smallest absolute Gasteiger partial charge is 0.241 e. The van der Waals surface area contributed by atoms with Crippen LogP contribution >= 0.6 is 11.6 Å². The topological polar surface area (TPSA) is 157 Å². The highest BCUT2D eigenvalue weighted by Gasteiger charge is 2.17. The van der Waals surface area contributed by atoms with Gasteiger partial charge in [-0.05, 0) is 49.2 Å². The lowest BCUT2D eigenvalue weighted by Crippen LogP contribution is -2.15. The molecule has 13 heteroatoms. The van der Waals surface area contributed by atoms with E-state index in [0.29, 0.717) is 23.8 Å². The molecule has 0 atom stereocenters. The van der Waals surface area contributed by atoms with Crippen LogP contribution in [0.5, 0.6) is 11.5 Å². The van der Waals surface area contributed by atoms with E-state index in [1.54, 1.807) is 26.2 Å². The largest absolute Gasteiger partial charge is 0.490 e. The minimum Gasteiger partial charge on any atom is -0.490 e. The van der Waals surface area contributed by atoms with Crippen LogP contribution in [0.4, 0.5) is 0 Å². The maximum absolute atomic E-state index is 11.4. The van der Waals surface area contributed by atoms with E-state index in [1.807, 2.05) is 6.92 Å². The van der Waals surface area contributed by atoms with Gasteiger partial charge < -0.3 is 18.9 Å². The molecular weight excluding hydrogens is 496 g/mol. The van der Waals surface area contributed by atoms with E-state index in [1.165, 1.54) is 25.3 Å². The molecule has 0 fully saturated rings. The first-order valence-electron chi connectivity index (χ1n) is 9.51. The summed E-state index contributed by atoms with van der Waals surface area (Å²) < 4.78 is 65.5. The van der Waals surface area contributed by atoms with Gasteiger partial charge in [-0.25, -0.2) is 27.1 Å². The van der Waals surface area contributed by atoms with E-state index >= 15 is 0 Å². The van der Waals surface area contributed by atoms with Crippen LogP contribution in [-0.4, -0.2) is 57.5 Å². The predicted octanol–water partition coefficient (Wildman–Crippen LogP) is 1.99. The normalized spacial score (nSPS) is 11.5. The summed E-state index contributed by atoms with van der Waals surface area (Å²) in [6.45, 7) is 4.85. The molecule has 0 aliphatic rings. The number of benzene rings is 2. The van der Waals surface area contributed by atoms with Gasteiger partial charge in [0.1, 0.15) is 34.5 Å². The third kappa shape index (κ3) is 9.84. The van der Waals surface area contributed by atoms with Crippen molar-refractivity contribution < 1.29 is 35.8 Å².